The molecule has 2 heterocycles. The highest BCUT2D eigenvalue weighted by Gasteiger charge is 2.49. The second-order valence-electron chi connectivity index (χ2n) is 4.97. The first kappa shape index (κ1) is 12.4. The molecule has 0 aromatic carbocycles. The van der Waals surface area contributed by atoms with E-state index in [0.29, 0.717) is 25.9 Å². The van der Waals surface area contributed by atoms with Crippen molar-refractivity contribution in [2.24, 2.45) is 5.92 Å². The van der Waals surface area contributed by atoms with Crippen LogP contribution >= 0.6 is 0 Å². The second kappa shape index (κ2) is 4.64. The van der Waals surface area contributed by atoms with Crippen molar-refractivity contribution in [3.8, 4) is 0 Å². The number of likely N-dealkylation sites (tertiary alicyclic amines) is 1. The summed E-state index contributed by atoms with van der Waals surface area (Å²) >= 11 is 0. The summed E-state index contributed by atoms with van der Waals surface area (Å²) < 4.78 is 0. The minimum Gasteiger partial charge on any atom is -0.479 e. The number of hydrogen-bond donors (Lipinski definition) is 2. The SMILES string of the molecule is CCC1(C(=O)O)CCCN1C(=O)C1CCNC1. The molecule has 2 aliphatic rings. The van der Waals surface area contributed by atoms with Crippen LogP contribution in [0, 0.1) is 5.92 Å². The number of carbonyl (C=O) groups excluding carboxylic acids is 1. The Morgan fingerprint density at radius 3 is 2.82 bits per heavy atom. The van der Waals surface area contributed by atoms with Crippen LogP contribution in [-0.4, -0.2) is 47.1 Å². The summed E-state index contributed by atoms with van der Waals surface area (Å²) in [6, 6.07) is 0. The van der Waals surface area contributed by atoms with E-state index in [9.17, 15) is 14.7 Å². The number of amides is 1. The zero-order valence-electron chi connectivity index (χ0n) is 10.2. The lowest BCUT2D eigenvalue weighted by Gasteiger charge is -2.35. The predicted octanol–water partition coefficient (Wildman–Crippen LogP) is 0.452. The van der Waals surface area contributed by atoms with E-state index >= 15 is 0 Å². The van der Waals surface area contributed by atoms with Gasteiger partial charge in [-0.25, -0.2) is 4.79 Å². The van der Waals surface area contributed by atoms with Crippen LogP contribution in [0.25, 0.3) is 0 Å². The molecule has 0 spiro atoms. The predicted molar refractivity (Wildman–Crippen MR) is 62.6 cm³/mol. The maximum atomic E-state index is 12.3. The van der Waals surface area contributed by atoms with Crippen LogP contribution < -0.4 is 5.32 Å². The Kier molecular flexibility index (Phi) is 3.38. The molecule has 1 amide bonds. The monoisotopic (exact) mass is 240 g/mol. The summed E-state index contributed by atoms with van der Waals surface area (Å²) in [6.07, 6.45) is 2.71. The molecule has 5 heteroatoms. The fourth-order valence-corrected chi connectivity index (χ4v) is 3.03. The Morgan fingerprint density at radius 1 is 1.53 bits per heavy atom. The van der Waals surface area contributed by atoms with Crippen molar-refractivity contribution in [3.63, 3.8) is 0 Å². The number of aliphatic carboxylic acids is 1. The molecule has 2 atom stereocenters. The molecule has 0 radical (unpaired) electrons. The molecule has 2 aliphatic heterocycles. The Morgan fingerprint density at radius 2 is 2.29 bits per heavy atom. The number of carboxylic acids is 1. The summed E-state index contributed by atoms with van der Waals surface area (Å²) in [5, 5.41) is 12.6. The number of hydrogen-bond acceptors (Lipinski definition) is 3. The van der Waals surface area contributed by atoms with E-state index in [4.69, 9.17) is 0 Å². The minimum atomic E-state index is -0.945. The van der Waals surface area contributed by atoms with Gasteiger partial charge in [-0.2, -0.15) is 0 Å². The fraction of sp³-hybridized carbons (Fsp3) is 0.833. The van der Waals surface area contributed by atoms with Gasteiger partial charge in [0.2, 0.25) is 5.91 Å². The number of rotatable bonds is 3. The van der Waals surface area contributed by atoms with E-state index in [1.54, 1.807) is 4.90 Å². The number of carboxylic acid groups (broad SMARTS) is 1. The van der Waals surface area contributed by atoms with Gasteiger partial charge in [0.15, 0.2) is 0 Å². The van der Waals surface area contributed by atoms with Crippen molar-refractivity contribution < 1.29 is 14.7 Å². The molecule has 17 heavy (non-hydrogen) atoms. The Bertz CT molecular complexity index is 326. The van der Waals surface area contributed by atoms with E-state index in [1.807, 2.05) is 6.92 Å². The van der Waals surface area contributed by atoms with Crippen molar-refractivity contribution in [3.05, 3.63) is 0 Å². The van der Waals surface area contributed by atoms with Gasteiger partial charge in [0, 0.05) is 13.1 Å². The van der Waals surface area contributed by atoms with Crippen LogP contribution in [0.1, 0.15) is 32.6 Å². The van der Waals surface area contributed by atoms with E-state index in [1.165, 1.54) is 0 Å². The molecule has 2 saturated heterocycles. The molecule has 2 N–H and O–H groups in total. The van der Waals surface area contributed by atoms with E-state index in [2.05, 4.69) is 5.32 Å². The smallest absolute Gasteiger partial charge is 0.329 e. The first-order valence-corrected chi connectivity index (χ1v) is 6.37. The lowest BCUT2D eigenvalue weighted by atomic mass is 9.91. The summed E-state index contributed by atoms with van der Waals surface area (Å²) in [6.45, 7) is 3.99. The van der Waals surface area contributed by atoms with Gasteiger partial charge in [-0.3, -0.25) is 4.79 Å². The van der Waals surface area contributed by atoms with Gasteiger partial charge < -0.3 is 15.3 Å². The summed E-state index contributed by atoms with van der Waals surface area (Å²) in [7, 11) is 0. The van der Waals surface area contributed by atoms with Crippen LogP contribution in [0.15, 0.2) is 0 Å². The second-order valence-corrected chi connectivity index (χ2v) is 4.97. The normalized spacial score (nSPS) is 33.0. The molecule has 0 aromatic heterocycles. The summed E-state index contributed by atoms with van der Waals surface area (Å²) in [4.78, 5) is 25.4. The highest BCUT2D eigenvalue weighted by molar-refractivity contribution is 5.89. The third kappa shape index (κ3) is 1.92. The number of nitrogens with one attached hydrogen (secondary N) is 1. The highest BCUT2D eigenvalue weighted by Crippen LogP contribution is 2.34. The standard InChI is InChI=1S/C12H20N2O3/c1-2-12(11(16)17)5-3-7-14(12)10(15)9-4-6-13-8-9/h9,13H,2-8H2,1H3,(H,16,17). The van der Waals surface area contributed by atoms with Gasteiger partial charge in [0.1, 0.15) is 5.54 Å². The molecule has 96 valence electrons. The Labute approximate surface area is 101 Å². The van der Waals surface area contributed by atoms with Crippen molar-refractivity contribution in [2.45, 2.75) is 38.1 Å². The average molecular weight is 240 g/mol. The average Bonchev–Trinajstić information content (AvgIpc) is 2.97. The topological polar surface area (TPSA) is 69.6 Å². The van der Waals surface area contributed by atoms with E-state index in [0.717, 1.165) is 19.4 Å². The number of nitrogens with zero attached hydrogens (tertiary/aromatic N) is 1. The van der Waals surface area contributed by atoms with Crippen molar-refractivity contribution in [1.29, 1.82) is 0 Å². The first-order valence-electron chi connectivity index (χ1n) is 6.37. The van der Waals surface area contributed by atoms with Gasteiger partial charge in [-0.1, -0.05) is 6.92 Å². The number of carbonyl (C=O) groups is 2. The summed E-state index contributed by atoms with van der Waals surface area (Å²) in [5.74, 6) is -0.855. The molecular formula is C12H20N2O3. The molecule has 0 aromatic rings. The molecule has 2 unspecified atom stereocenters. The highest BCUT2D eigenvalue weighted by atomic mass is 16.4. The third-order valence-corrected chi connectivity index (χ3v) is 4.15. The molecule has 2 fully saturated rings. The maximum Gasteiger partial charge on any atom is 0.329 e. The zero-order valence-corrected chi connectivity index (χ0v) is 10.2. The van der Waals surface area contributed by atoms with Gasteiger partial charge in [-0.05, 0) is 32.2 Å². The Hall–Kier alpha value is -1.10. The van der Waals surface area contributed by atoms with Crippen molar-refractivity contribution in [2.75, 3.05) is 19.6 Å². The largest absolute Gasteiger partial charge is 0.479 e. The van der Waals surface area contributed by atoms with Crippen LogP contribution in [0.2, 0.25) is 0 Å². The van der Waals surface area contributed by atoms with Crippen LogP contribution in [0.5, 0.6) is 0 Å². The van der Waals surface area contributed by atoms with E-state index in [-0.39, 0.29) is 11.8 Å². The van der Waals surface area contributed by atoms with Crippen LogP contribution in [0.3, 0.4) is 0 Å². The molecule has 2 rings (SSSR count). The fourth-order valence-electron chi connectivity index (χ4n) is 3.03. The first-order chi connectivity index (χ1) is 8.12. The van der Waals surface area contributed by atoms with Gasteiger partial charge >= 0.3 is 5.97 Å². The van der Waals surface area contributed by atoms with Gasteiger partial charge in [0.25, 0.3) is 0 Å². The molecule has 0 bridgehead atoms. The molecule has 0 aliphatic carbocycles. The third-order valence-electron chi connectivity index (χ3n) is 4.15. The zero-order chi connectivity index (χ0) is 12.5. The van der Waals surface area contributed by atoms with Crippen molar-refractivity contribution >= 4 is 11.9 Å². The van der Waals surface area contributed by atoms with Gasteiger partial charge in [0.05, 0.1) is 5.92 Å². The molecular weight excluding hydrogens is 220 g/mol. The summed E-state index contributed by atoms with van der Waals surface area (Å²) in [5.41, 5.74) is -0.945. The van der Waals surface area contributed by atoms with E-state index < -0.39 is 11.5 Å². The van der Waals surface area contributed by atoms with Crippen molar-refractivity contribution in [1.82, 2.24) is 10.2 Å². The van der Waals surface area contributed by atoms with Crippen LogP contribution in [-0.2, 0) is 9.59 Å². The molecule has 5 nitrogen and oxygen atoms in total. The lowest BCUT2D eigenvalue weighted by molar-refractivity contribution is -0.158. The molecule has 0 saturated carbocycles. The maximum absolute atomic E-state index is 12.3. The quantitative estimate of drug-likeness (QED) is 0.751. The minimum absolute atomic E-state index is 0.0248. The van der Waals surface area contributed by atoms with Crippen LogP contribution in [0.4, 0.5) is 0 Å². The van der Waals surface area contributed by atoms with Gasteiger partial charge in [-0.15, -0.1) is 0 Å². The Balaban J connectivity index is 2.18. The lowest BCUT2D eigenvalue weighted by Crippen LogP contribution is -2.54.